The lowest BCUT2D eigenvalue weighted by Gasteiger charge is -2.40. The van der Waals surface area contributed by atoms with Crippen LogP contribution >= 0.6 is 0 Å². The molecule has 0 saturated carbocycles. The van der Waals surface area contributed by atoms with Gasteiger partial charge in [0.05, 0.1) is 29.5 Å². The Kier molecular flexibility index (Phi) is 17.8. The molecule has 0 aliphatic carbocycles. The number of carbonyl (C=O) groups excluding carboxylic acids is 4. The predicted molar refractivity (Wildman–Crippen MR) is 216 cm³/mol. The minimum Gasteiger partial charge on any atom is -0.379 e. The molecule has 2 aromatic rings. The highest BCUT2D eigenvalue weighted by Gasteiger charge is 2.40. The van der Waals surface area contributed by atoms with Crippen LogP contribution in [0.15, 0.2) is 65.6 Å². The van der Waals surface area contributed by atoms with E-state index in [1.165, 1.54) is 12.1 Å². The van der Waals surface area contributed by atoms with E-state index < -0.39 is 45.3 Å². The van der Waals surface area contributed by atoms with Crippen molar-refractivity contribution in [2.45, 2.75) is 127 Å². The van der Waals surface area contributed by atoms with E-state index in [4.69, 9.17) is 4.74 Å². The first-order valence-electron chi connectivity index (χ1n) is 19.8. The van der Waals surface area contributed by atoms with Crippen LogP contribution in [0.25, 0.3) is 0 Å². The standard InChI is InChI=1S/C42H65N5O7S/c1-10-30(6)40(46(8)42(51)39(29(4)5)45-41(50)38(43-7)28(2)3)34(54-9)27-37(49)47-25-17-20-32(47)23-24-35(48)44-36(26-31-18-13-11-14-19-31)55(52,53)33-21-15-12-16-22-33/h11-16,18-19,21-22,28-30,32,34,36,38-40,43H,10,17,20,23-27H2,1-9H3,(H,44,48)(H,45,50). The Bertz CT molecular complexity index is 1640. The lowest BCUT2D eigenvalue weighted by Crippen LogP contribution is -2.59. The molecule has 55 heavy (non-hydrogen) atoms. The molecule has 0 bridgehead atoms. The first-order chi connectivity index (χ1) is 26.1. The quantitative estimate of drug-likeness (QED) is 0.166. The fraction of sp³-hybridized carbons (Fsp3) is 0.619. The largest absolute Gasteiger partial charge is 0.379 e. The van der Waals surface area contributed by atoms with Gasteiger partial charge in [-0.25, -0.2) is 8.42 Å². The molecule has 0 radical (unpaired) electrons. The number of nitrogens with zero attached hydrogens (tertiary/aromatic N) is 2. The summed E-state index contributed by atoms with van der Waals surface area (Å²) in [6.07, 6.45) is 2.20. The monoisotopic (exact) mass is 783 g/mol. The lowest BCUT2D eigenvalue weighted by atomic mass is 9.89. The number of likely N-dealkylation sites (tertiary alicyclic amines) is 1. The highest BCUT2D eigenvalue weighted by Crippen LogP contribution is 2.28. The van der Waals surface area contributed by atoms with Crippen LogP contribution in [0, 0.1) is 17.8 Å². The van der Waals surface area contributed by atoms with Gasteiger partial charge in [-0.15, -0.1) is 0 Å². The Morgan fingerprint density at radius 1 is 0.909 bits per heavy atom. The number of methoxy groups -OCH3 is 1. The van der Waals surface area contributed by atoms with Gasteiger partial charge in [-0.05, 0) is 61.8 Å². The Balaban J connectivity index is 1.72. The molecule has 7 atom stereocenters. The van der Waals surface area contributed by atoms with Gasteiger partial charge in [0.15, 0.2) is 9.84 Å². The summed E-state index contributed by atoms with van der Waals surface area (Å²) in [6, 6.07) is 15.4. The highest BCUT2D eigenvalue weighted by molar-refractivity contribution is 7.92. The third-order valence-corrected chi connectivity index (χ3v) is 13.0. The van der Waals surface area contributed by atoms with Crippen molar-refractivity contribution >= 4 is 33.5 Å². The molecule has 3 rings (SSSR count). The summed E-state index contributed by atoms with van der Waals surface area (Å²) in [5.74, 6) is -1.18. The number of likely N-dealkylation sites (N-methyl/N-ethyl adjacent to an activating group) is 2. The average Bonchev–Trinajstić information content (AvgIpc) is 3.64. The second-order valence-corrected chi connectivity index (χ2v) is 17.7. The minimum atomic E-state index is -3.89. The van der Waals surface area contributed by atoms with Crippen LogP contribution < -0.4 is 16.0 Å². The molecule has 1 heterocycles. The van der Waals surface area contributed by atoms with Crippen molar-refractivity contribution in [3.05, 3.63) is 66.2 Å². The number of hydrogen-bond acceptors (Lipinski definition) is 8. The molecule has 1 aliphatic rings. The Hall–Kier alpha value is -3.81. The fourth-order valence-electron chi connectivity index (χ4n) is 7.62. The molecule has 12 nitrogen and oxygen atoms in total. The number of rotatable bonds is 21. The topological polar surface area (TPSA) is 154 Å². The van der Waals surface area contributed by atoms with E-state index in [1.54, 1.807) is 49.2 Å². The van der Waals surface area contributed by atoms with E-state index in [0.29, 0.717) is 13.0 Å². The molecule has 0 spiro atoms. The predicted octanol–water partition coefficient (Wildman–Crippen LogP) is 4.58. The van der Waals surface area contributed by atoms with Crippen LogP contribution in [-0.2, 0) is 40.2 Å². The summed E-state index contributed by atoms with van der Waals surface area (Å²) in [5, 5.41) is 7.66. The van der Waals surface area contributed by atoms with E-state index in [0.717, 1.165) is 24.8 Å². The van der Waals surface area contributed by atoms with Crippen LogP contribution in [0.3, 0.4) is 0 Å². The van der Waals surface area contributed by atoms with Gasteiger partial charge in [0.25, 0.3) is 0 Å². The summed E-state index contributed by atoms with van der Waals surface area (Å²) in [7, 11) is 1.10. The van der Waals surface area contributed by atoms with Crippen molar-refractivity contribution in [3.8, 4) is 0 Å². The molecular formula is C42H65N5O7S. The van der Waals surface area contributed by atoms with Crippen molar-refractivity contribution in [1.82, 2.24) is 25.8 Å². The van der Waals surface area contributed by atoms with Crippen molar-refractivity contribution < 1.29 is 32.3 Å². The van der Waals surface area contributed by atoms with Gasteiger partial charge in [0.1, 0.15) is 11.4 Å². The lowest BCUT2D eigenvalue weighted by molar-refractivity contribution is -0.146. The van der Waals surface area contributed by atoms with Gasteiger partial charge >= 0.3 is 0 Å². The van der Waals surface area contributed by atoms with Crippen LogP contribution in [-0.4, -0.2) is 105 Å². The molecule has 2 aromatic carbocycles. The van der Waals surface area contributed by atoms with Crippen LogP contribution in [0.2, 0.25) is 0 Å². The number of benzene rings is 2. The molecule has 1 fully saturated rings. The van der Waals surface area contributed by atoms with E-state index in [9.17, 15) is 27.6 Å². The Morgan fingerprint density at radius 3 is 2.05 bits per heavy atom. The first kappa shape index (κ1) is 45.6. The van der Waals surface area contributed by atoms with Crippen molar-refractivity contribution in [2.75, 3.05) is 27.7 Å². The smallest absolute Gasteiger partial charge is 0.245 e. The number of sulfone groups is 1. The average molecular weight is 784 g/mol. The molecule has 7 unspecified atom stereocenters. The zero-order valence-corrected chi connectivity index (χ0v) is 35.1. The van der Waals surface area contributed by atoms with Gasteiger partial charge in [0.2, 0.25) is 23.6 Å². The van der Waals surface area contributed by atoms with Gasteiger partial charge in [-0.1, -0.05) is 96.5 Å². The maximum atomic E-state index is 14.1. The molecular weight excluding hydrogens is 719 g/mol. The Morgan fingerprint density at radius 2 is 1.51 bits per heavy atom. The minimum absolute atomic E-state index is 0.0231. The van der Waals surface area contributed by atoms with E-state index in [-0.39, 0.29) is 65.7 Å². The summed E-state index contributed by atoms with van der Waals surface area (Å²) in [5.41, 5.74) is 0.786. The van der Waals surface area contributed by atoms with Crippen molar-refractivity contribution in [3.63, 3.8) is 0 Å². The SMILES string of the molecule is CCC(C)C(C(CC(=O)N1CCCC1CCC(=O)NC(Cc1ccccc1)S(=O)(=O)c1ccccc1)OC)N(C)C(=O)C(NC(=O)C(NC)C(C)C)C(C)C. The van der Waals surface area contributed by atoms with E-state index >= 15 is 0 Å². The van der Waals surface area contributed by atoms with Crippen molar-refractivity contribution in [2.24, 2.45) is 17.8 Å². The second kappa shape index (κ2) is 21.5. The van der Waals surface area contributed by atoms with Crippen LogP contribution in [0.1, 0.15) is 85.6 Å². The number of hydrogen-bond donors (Lipinski definition) is 3. The maximum Gasteiger partial charge on any atom is 0.245 e. The number of amides is 4. The normalized spacial score (nSPS) is 17.9. The first-order valence-corrected chi connectivity index (χ1v) is 21.3. The third-order valence-electron chi connectivity index (χ3n) is 11.0. The highest BCUT2D eigenvalue weighted by atomic mass is 32.2. The zero-order valence-electron chi connectivity index (χ0n) is 34.3. The molecule has 1 saturated heterocycles. The molecule has 1 aliphatic heterocycles. The zero-order chi connectivity index (χ0) is 40.9. The maximum absolute atomic E-state index is 14.1. The summed E-state index contributed by atoms with van der Waals surface area (Å²) >= 11 is 0. The molecule has 3 N–H and O–H groups in total. The van der Waals surface area contributed by atoms with Gasteiger partial charge < -0.3 is 30.5 Å². The third kappa shape index (κ3) is 12.3. The molecule has 13 heteroatoms. The number of nitrogens with one attached hydrogen (secondary N) is 3. The van der Waals surface area contributed by atoms with Gasteiger partial charge in [0, 0.05) is 39.6 Å². The number of carbonyl (C=O) groups is 4. The summed E-state index contributed by atoms with van der Waals surface area (Å²) in [4.78, 5) is 58.3. The van der Waals surface area contributed by atoms with Gasteiger partial charge in [-0.3, -0.25) is 19.2 Å². The molecule has 0 aromatic heterocycles. The summed E-state index contributed by atoms with van der Waals surface area (Å²) < 4.78 is 33.3. The fourth-order valence-corrected chi connectivity index (χ4v) is 9.18. The van der Waals surface area contributed by atoms with Crippen molar-refractivity contribution in [1.29, 1.82) is 0 Å². The molecule has 4 amide bonds. The van der Waals surface area contributed by atoms with E-state index in [1.807, 2.05) is 71.9 Å². The number of ether oxygens (including phenoxy) is 1. The molecule has 306 valence electrons. The summed E-state index contributed by atoms with van der Waals surface area (Å²) in [6.45, 7) is 12.3. The Labute approximate surface area is 329 Å². The van der Waals surface area contributed by atoms with Gasteiger partial charge in [-0.2, -0.15) is 0 Å². The van der Waals surface area contributed by atoms with E-state index in [2.05, 4.69) is 16.0 Å². The van der Waals surface area contributed by atoms with Crippen LogP contribution in [0.5, 0.6) is 0 Å². The second-order valence-electron chi connectivity index (χ2n) is 15.6. The van der Waals surface area contributed by atoms with Crippen LogP contribution in [0.4, 0.5) is 0 Å².